The van der Waals surface area contributed by atoms with E-state index in [1.54, 1.807) is 36.4 Å². The van der Waals surface area contributed by atoms with E-state index < -0.39 is 62.8 Å². The van der Waals surface area contributed by atoms with Crippen LogP contribution in [0, 0.1) is 12.1 Å². The van der Waals surface area contributed by atoms with E-state index in [0.717, 1.165) is 38.4 Å². The SMILES string of the molecule is Cc1ccc(-c2cc(C(F)(F)F)nn2-c2ccc(S(=O)(=O)NC(=O)CN(/[N+]([O-])=N/OC(C)N3C(=O)c4ccccc4C3=O)C(C)(C)C)cc2)cc1. The van der Waals surface area contributed by atoms with E-state index in [2.05, 4.69) is 10.4 Å². The van der Waals surface area contributed by atoms with Gasteiger partial charge in [0, 0.05) is 5.56 Å². The summed E-state index contributed by atoms with van der Waals surface area (Å²) in [4.78, 5) is 43.8. The van der Waals surface area contributed by atoms with Crippen LogP contribution in [0.15, 0.2) is 89.0 Å². The number of nitrogens with zero attached hydrogens (tertiary/aromatic N) is 6. The van der Waals surface area contributed by atoms with Crippen molar-refractivity contribution in [3.05, 3.63) is 106 Å². The summed E-state index contributed by atoms with van der Waals surface area (Å²) in [6.45, 7) is 6.91. The number of nitrogens with one attached hydrogen (secondary N) is 1. The summed E-state index contributed by atoms with van der Waals surface area (Å²) in [5.74, 6) is -2.44. The smallest absolute Gasteiger partial charge is 0.435 e. The van der Waals surface area contributed by atoms with Crippen molar-refractivity contribution in [1.29, 1.82) is 0 Å². The normalized spacial score (nSPS) is 14.4. The van der Waals surface area contributed by atoms with Gasteiger partial charge in [0.05, 0.1) is 37.9 Å². The summed E-state index contributed by atoms with van der Waals surface area (Å²) in [6, 6.07) is 18.4. The molecule has 2 heterocycles. The number of rotatable bonds is 10. The van der Waals surface area contributed by atoms with Gasteiger partial charge in [-0.25, -0.2) is 22.7 Å². The number of fused-ring (bicyclic) bond motifs is 1. The Morgan fingerprint density at radius 3 is 2.10 bits per heavy atom. The number of alkyl halides is 3. The molecule has 0 radical (unpaired) electrons. The number of benzene rings is 3. The topological polar surface area (TPSA) is 169 Å². The van der Waals surface area contributed by atoms with Crippen LogP contribution in [0.5, 0.6) is 0 Å². The third kappa shape index (κ3) is 7.69. The van der Waals surface area contributed by atoms with Crippen LogP contribution in [0.2, 0.25) is 0 Å². The van der Waals surface area contributed by atoms with Crippen molar-refractivity contribution in [1.82, 2.24) is 24.4 Å². The first kappa shape index (κ1) is 36.5. The first-order valence-electron chi connectivity index (χ1n) is 15.3. The highest BCUT2D eigenvalue weighted by Crippen LogP contribution is 2.33. The van der Waals surface area contributed by atoms with Crippen molar-refractivity contribution < 1.29 is 45.8 Å². The quantitative estimate of drug-likeness (QED) is 0.0996. The third-order valence-corrected chi connectivity index (χ3v) is 9.11. The number of carbonyl (C=O) groups excluding carboxylic acids is 3. The van der Waals surface area contributed by atoms with E-state index in [0.29, 0.717) is 5.56 Å². The van der Waals surface area contributed by atoms with Gasteiger partial charge in [-0.3, -0.25) is 14.4 Å². The molecule has 0 bridgehead atoms. The number of imide groups is 1. The molecule has 5 rings (SSSR count). The Morgan fingerprint density at radius 1 is 1.00 bits per heavy atom. The molecule has 1 aliphatic rings. The molecule has 0 fully saturated rings. The number of amides is 3. The zero-order valence-corrected chi connectivity index (χ0v) is 28.7. The molecule has 18 heteroatoms. The molecule has 1 aromatic heterocycles. The minimum atomic E-state index is -4.74. The number of aromatic nitrogens is 2. The lowest BCUT2D eigenvalue weighted by Gasteiger charge is -2.30. The number of hydrogen-bond donors (Lipinski definition) is 1. The average molecular weight is 728 g/mol. The maximum absolute atomic E-state index is 13.6. The fraction of sp³-hybridized carbons (Fsp3) is 0.273. The summed E-state index contributed by atoms with van der Waals surface area (Å²) in [5.41, 5.74) is -0.388. The van der Waals surface area contributed by atoms with E-state index in [9.17, 15) is 41.2 Å². The standard InChI is InChI=1S/C33H32F3N7O7S/c1-20-10-12-22(13-11-20)27-18-28(33(34,35)36)37-42(27)23-14-16-24(17-15-23)51(48,49)38-29(44)19-40(32(3,4)5)43(47)39-50-21(2)41-30(45)25-8-6-7-9-26(25)31(41)46/h6-18,21H,19H2,1-5H3,(H,38,44)/b43-39-. The van der Waals surface area contributed by atoms with Crippen LogP contribution in [-0.4, -0.2) is 69.1 Å². The molecule has 1 unspecified atom stereocenters. The molecule has 0 saturated carbocycles. The molecule has 1 atom stereocenters. The monoisotopic (exact) mass is 727 g/mol. The van der Waals surface area contributed by atoms with Gasteiger partial charge in [0.25, 0.3) is 27.7 Å². The highest BCUT2D eigenvalue weighted by molar-refractivity contribution is 7.90. The van der Waals surface area contributed by atoms with Crippen molar-refractivity contribution in [2.75, 3.05) is 6.54 Å². The van der Waals surface area contributed by atoms with Crippen molar-refractivity contribution in [2.24, 2.45) is 5.28 Å². The summed E-state index contributed by atoms with van der Waals surface area (Å²) >= 11 is 0. The second-order valence-electron chi connectivity index (χ2n) is 12.5. The molecule has 0 spiro atoms. The van der Waals surface area contributed by atoms with Crippen LogP contribution >= 0.6 is 0 Å². The van der Waals surface area contributed by atoms with E-state index in [4.69, 9.17) is 4.84 Å². The van der Waals surface area contributed by atoms with Gasteiger partial charge in [-0.2, -0.15) is 18.3 Å². The van der Waals surface area contributed by atoms with Crippen LogP contribution in [0.4, 0.5) is 13.2 Å². The zero-order valence-electron chi connectivity index (χ0n) is 27.9. The van der Waals surface area contributed by atoms with Gasteiger partial charge >= 0.3 is 6.18 Å². The highest BCUT2D eigenvalue weighted by Gasteiger charge is 2.40. The van der Waals surface area contributed by atoms with Crippen LogP contribution in [-0.2, 0) is 25.8 Å². The summed E-state index contributed by atoms with van der Waals surface area (Å²) in [5, 5.41) is 20.9. The minimum absolute atomic E-state index is 0.0966. The highest BCUT2D eigenvalue weighted by atomic mass is 32.2. The molecule has 0 aliphatic carbocycles. The van der Waals surface area contributed by atoms with Gasteiger partial charge in [-0.1, -0.05) is 42.0 Å². The Hall–Kier alpha value is -5.78. The molecule has 1 aliphatic heterocycles. The van der Waals surface area contributed by atoms with Gasteiger partial charge < -0.3 is 10.0 Å². The van der Waals surface area contributed by atoms with Crippen LogP contribution < -0.4 is 4.72 Å². The van der Waals surface area contributed by atoms with Gasteiger partial charge in [-0.15, -0.1) is 5.01 Å². The summed E-state index contributed by atoms with van der Waals surface area (Å²) < 4.78 is 69.9. The second-order valence-corrected chi connectivity index (χ2v) is 14.2. The van der Waals surface area contributed by atoms with Crippen molar-refractivity contribution >= 4 is 27.7 Å². The predicted octanol–water partition coefficient (Wildman–Crippen LogP) is 5.22. The van der Waals surface area contributed by atoms with Crippen LogP contribution in [0.1, 0.15) is 59.7 Å². The Kier molecular flexibility index (Phi) is 9.66. The molecule has 0 saturated heterocycles. The summed E-state index contributed by atoms with van der Waals surface area (Å²) in [7, 11) is -4.54. The molecule has 1 N–H and O–H groups in total. The fourth-order valence-corrected chi connectivity index (χ4v) is 6.06. The van der Waals surface area contributed by atoms with Gasteiger partial charge in [0.15, 0.2) is 12.2 Å². The Bertz CT molecular complexity index is 2090. The maximum atomic E-state index is 13.6. The van der Waals surface area contributed by atoms with Crippen LogP contribution in [0.25, 0.3) is 16.9 Å². The van der Waals surface area contributed by atoms with Crippen molar-refractivity contribution in [2.45, 2.75) is 57.5 Å². The van der Waals surface area contributed by atoms with E-state index >= 15 is 0 Å². The van der Waals surface area contributed by atoms with E-state index in [1.807, 2.05) is 11.6 Å². The molecular formula is C33H32F3N7O7S. The zero-order chi connectivity index (χ0) is 37.5. The minimum Gasteiger partial charge on any atom is -0.569 e. The lowest BCUT2D eigenvalue weighted by Crippen LogP contribution is -2.51. The molecular weight excluding hydrogens is 695 g/mol. The molecule has 268 valence electrons. The summed E-state index contributed by atoms with van der Waals surface area (Å²) in [6.07, 6.45) is -6.06. The number of carbonyl (C=O) groups is 3. The molecule has 3 aromatic carbocycles. The molecule has 14 nitrogen and oxygen atoms in total. The molecule has 4 aromatic rings. The van der Waals surface area contributed by atoms with E-state index in [-0.39, 0.29) is 27.5 Å². The predicted molar refractivity (Wildman–Crippen MR) is 174 cm³/mol. The third-order valence-electron chi connectivity index (χ3n) is 7.72. The Labute approximate surface area is 290 Å². The maximum Gasteiger partial charge on any atom is 0.435 e. The van der Waals surface area contributed by atoms with Crippen molar-refractivity contribution in [3.8, 4) is 16.9 Å². The van der Waals surface area contributed by atoms with E-state index in [1.165, 1.54) is 52.0 Å². The molecule has 51 heavy (non-hydrogen) atoms. The first-order chi connectivity index (χ1) is 23.8. The Balaban J connectivity index is 1.30. The lowest BCUT2D eigenvalue weighted by atomic mass is 10.1. The Morgan fingerprint density at radius 2 is 1.57 bits per heavy atom. The largest absolute Gasteiger partial charge is 0.569 e. The van der Waals surface area contributed by atoms with Gasteiger partial charge in [-0.05, 0) is 77.1 Å². The van der Waals surface area contributed by atoms with Crippen LogP contribution in [0.3, 0.4) is 0 Å². The number of hydrogen-bond acceptors (Lipinski definition) is 9. The average Bonchev–Trinajstić information content (AvgIpc) is 3.62. The lowest BCUT2D eigenvalue weighted by molar-refractivity contribution is -0.724. The fourth-order valence-electron chi connectivity index (χ4n) is 5.08. The van der Waals surface area contributed by atoms with Gasteiger partial charge in [0.1, 0.15) is 0 Å². The first-order valence-corrected chi connectivity index (χ1v) is 16.7. The van der Waals surface area contributed by atoms with Crippen molar-refractivity contribution in [3.63, 3.8) is 0 Å². The molecule has 3 amide bonds. The number of aryl methyl sites for hydroxylation is 1. The number of hydrazine groups is 1. The number of sulfonamides is 1. The number of halogens is 3. The second kappa shape index (κ2) is 13.5. The van der Waals surface area contributed by atoms with Gasteiger partial charge in [0.2, 0.25) is 11.5 Å².